The topological polar surface area (TPSA) is 90.7 Å². The molecule has 2 aromatic carbocycles. The van der Waals surface area contributed by atoms with Gasteiger partial charge in [-0.25, -0.2) is 0 Å². The normalized spacial score (nSPS) is 10.1. The van der Waals surface area contributed by atoms with Crippen LogP contribution >= 0.6 is 0 Å². The number of halogens is 1. The van der Waals surface area contributed by atoms with Gasteiger partial charge in [-0.15, -0.1) is 6.58 Å². The van der Waals surface area contributed by atoms with Crippen molar-refractivity contribution in [1.82, 2.24) is 0 Å². The van der Waals surface area contributed by atoms with Gasteiger partial charge in [0.2, 0.25) is 5.82 Å². The summed E-state index contributed by atoms with van der Waals surface area (Å²) < 4.78 is 24.0. The average Bonchev–Trinajstić information content (AvgIpc) is 2.62. The van der Waals surface area contributed by atoms with Gasteiger partial charge in [0.05, 0.1) is 19.1 Å². The average molecular weight is 360 g/mol. The molecule has 0 heterocycles. The molecule has 0 unspecified atom stereocenters. The van der Waals surface area contributed by atoms with Crippen LogP contribution < -0.4 is 14.8 Å². The Labute approximate surface area is 149 Å². The summed E-state index contributed by atoms with van der Waals surface area (Å²) in [4.78, 5) is 22.5. The molecule has 8 heteroatoms. The molecule has 0 atom stereocenters. The van der Waals surface area contributed by atoms with Gasteiger partial charge in [-0.3, -0.25) is 14.9 Å². The number of anilines is 1. The minimum absolute atomic E-state index is 0.100. The van der Waals surface area contributed by atoms with E-state index in [0.717, 1.165) is 12.1 Å². The van der Waals surface area contributed by atoms with Crippen molar-refractivity contribution in [2.75, 3.05) is 19.5 Å². The van der Waals surface area contributed by atoms with Crippen LogP contribution in [0.3, 0.4) is 0 Å². The van der Waals surface area contributed by atoms with Crippen molar-refractivity contribution in [2.45, 2.75) is 6.42 Å². The first kappa shape index (κ1) is 18.9. The number of methoxy groups -OCH3 is 2. The highest BCUT2D eigenvalue weighted by atomic mass is 19.1. The second-order valence-electron chi connectivity index (χ2n) is 5.24. The van der Waals surface area contributed by atoms with Crippen LogP contribution in [0.1, 0.15) is 15.9 Å². The number of hydrogen-bond acceptors (Lipinski definition) is 5. The van der Waals surface area contributed by atoms with Crippen LogP contribution in [-0.4, -0.2) is 25.1 Å². The van der Waals surface area contributed by atoms with Gasteiger partial charge in [0.15, 0.2) is 11.5 Å². The fraction of sp³-hybridized carbons (Fsp3) is 0.167. The van der Waals surface area contributed by atoms with Crippen LogP contribution in [0.5, 0.6) is 11.5 Å². The lowest BCUT2D eigenvalue weighted by Gasteiger charge is -2.14. The molecule has 1 N–H and O–H groups in total. The summed E-state index contributed by atoms with van der Waals surface area (Å²) in [6.07, 6.45) is 2.10. The maximum absolute atomic E-state index is 13.4. The van der Waals surface area contributed by atoms with Gasteiger partial charge in [-0.2, -0.15) is 4.39 Å². The van der Waals surface area contributed by atoms with Crippen LogP contribution in [0.15, 0.2) is 43.0 Å². The summed E-state index contributed by atoms with van der Waals surface area (Å²) in [6.45, 7) is 3.67. The predicted molar refractivity (Wildman–Crippen MR) is 94.5 cm³/mol. The number of benzene rings is 2. The van der Waals surface area contributed by atoms with E-state index < -0.39 is 22.3 Å². The Morgan fingerprint density at radius 2 is 2.04 bits per heavy atom. The van der Waals surface area contributed by atoms with E-state index >= 15 is 0 Å². The molecule has 2 rings (SSSR count). The molecule has 0 aromatic heterocycles. The first-order chi connectivity index (χ1) is 12.4. The van der Waals surface area contributed by atoms with E-state index in [2.05, 4.69) is 11.9 Å². The SMILES string of the molecule is C=CCc1cc(C(=O)Nc2ccc(F)c([N+](=O)[O-])c2)cc(OC)c1OC. The fourth-order valence-corrected chi connectivity index (χ4v) is 2.42. The minimum atomic E-state index is -0.979. The van der Waals surface area contributed by atoms with Gasteiger partial charge in [-0.05, 0) is 30.7 Å². The zero-order chi connectivity index (χ0) is 19.3. The Bertz CT molecular complexity index is 867. The smallest absolute Gasteiger partial charge is 0.306 e. The van der Waals surface area contributed by atoms with E-state index in [1.807, 2.05) is 0 Å². The summed E-state index contributed by atoms with van der Waals surface area (Å²) in [6, 6.07) is 6.21. The number of carbonyl (C=O) groups is 1. The molecule has 1 amide bonds. The van der Waals surface area contributed by atoms with Crippen molar-refractivity contribution >= 4 is 17.3 Å². The van der Waals surface area contributed by atoms with Crippen LogP contribution in [0, 0.1) is 15.9 Å². The lowest BCUT2D eigenvalue weighted by molar-refractivity contribution is -0.387. The Balaban J connectivity index is 2.38. The second-order valence-corrected chi connectivity index (χ2v) is 5.24. The highest BCUT2D eigenvalue weighted by Gasteiger charge is 2.18. The molecule has 0 bridgehead atoms. The number of carbonyl (C=O) groups excluding carboxylic acids is 1. The van der Waals surface area contributed by atoms with Crippen molar-refractivity contribution in [2.24, 2.45) is 0 Å². The molecule has 0 aliphatic heterocycles. The summed E-state index contributed by atoms with van der Waals surface area (Å²) >= 11 is 0. The molecular weight excluding hydrogens is 343 g/mol. The minimum Gasteiger partial charge on any atom is -0.493 e. The lowest BCUT2D eigenvalue weighted by Crippen LogP contribution is -2.13. The molecule has 0 fully saturated rings. The molecule has 2 aromatic rings. The molecule has 0 saturated carbocycles. The molecule has 0 aliphatic carbocycles. The van der Waals surface area contributed by atoms with Crippen LogP contribution in [-0.2, 0) is 6.42 Å². The number of nitro groups is 1. The summed E-state index contributed by atoms with van der Waals surface area (Å²) in [5.74, 6) is -0.659. The fourth-order valence-electron chi connectivity index (χ4n) is 2.42. The van der Waals surface area contributed by atoms with Gasteiger partial charge in [0.25, 0.3) is 5.91 Å². The number of amides is 1. The quantitative estimate of drug-likeness (QED) is 0.461. The Morgan fingerprint density at radius 1 is 1.31 bits per heavy atom. The zero-order valence-corrected chi connectivity index (χ0v) is 14.2. The van der Waals surface area contributed by atoms with E-state index in [4.69, 9.17) is 9.47 Å². The molecule has 7 nitrogen and oxygen atoms in total. The lowest BCUT2D eigenvalue weighted by atomic mass is 10.0. The van der Waals surface area contributed by atoms with Crippen molar-refractivity contribution in [3.05, 3.63) is 70.0 Å². The third-order valence-electron chi connectivity index (χ3n) is 3.58. The summed E-state index contributed by atoms with van der Waals surface area (Å²) in [5.41, 5.74) is 0.328. The van der Waals surface area contributed by atoms with Crippen molar-refractivity contribution < 1.29 is 23.6 Å². The predicted octanol–water partition coefficient (Wildman–Crippen LogP) is 3.73. The van der Waals surface area contributed by atoms with Gasteiger partial charge < -0.3 is 14.8 Å². The first-order valence-corrected chi connectivity index (χ1v) is 7.52. The molecular formula is C18H17FN2O5. The number of ether oxygens (including phenoxy) is 2. The maximum Gasteiger partial charge on any atom is 0.306 e. The van der Waals surface area contributed by atoms with Crippen LogP contribution in [0.2, 0.25) is 0 Å². The standard InChI is InChI=1S/C18H17FN2O5/c1-4-5-11-8-12(9-16(25-2)17(11)26-3)18(22)20-13-6-7-14(19)15(10-13)21(23)24/h4,6-10H,1,5H2,2-3H3,(H,20,22). The van der Waals surface area contributed by atoms with Gasteiger partial charge >= 0.3 is 5.69 Å². The largest absolute Gasteiger partial charge is 0.493 e. The van der Waals surface area contributed by atoms with Gasteiger partial charge in [0, 0.05) is 22.9 Å². The van der Waals surface area contributed by atoms with Gasteiger partial charge in [0.1, 0.15) is 0 Å². The number of rotatable bonds is 7. The zero-order valence-electron chi connectivity index (χ0n) is 14.2. The van der Waals surface area contributed by atoms with E-state index in [0.29, 0.717) is 23.5 Å². The Hall–Kier alpha value is -3.42. The van der Waals surface area contributed by atoms with Crippen LogP contribution in [0.25, 0.3) is 0 Å². The van der Waals surface area contributed by atoms with E-state index in [1.165, 1.54) is 26.4 Å². The molecule has 0 radical (unpaired) electrons. The molecule has 136 valence electrons. The highest BCUT2D eigenvalue weighted by molar-refractivity contribution is 6.05. The number of nitro benzene ring substituents is 1. The van der Waals surface area contributed by atoms with E-state index in [-0.39, 0.29) is 11.3 Å². The monoisotopic (exact) mass is 360 g/mol. The summed E-state index contributed by atoms with van der Waals surface area (Å²) in [5, 5.41) is 13.3. The molecule has 0 spiro atoms. The van der Waals surface area contributed by atoms with Gasteiger partial charge in [-0.1, -0.05) is 6.08 Å². The third-order valence-corrected chi connectivity index (χ3v) is 3.58. The third kappa shape index (κ3) is 3.97. The van der Waals surface area contributed by atoms with E-state index in [9.17, 15) is 19.3 Å². The maximum atomic E-state index is 13.4. The Morgan fingerprint density at radius 3 is 2.62 bits per heavy atom. The number of hydrogen-bond donors (Lipinski definition) is 1. The second kappa shape index (κ2) is 8.11. The number of nitrogens with zero attached hydrogens (tertiary/aromatic N) is 1. The summed E-state index contributed by atoms with van der Waals surface area (Å²) in [7, 11) is 2.93. The highest BCUT2D eigenvalue weighted by Crippen LogP contribution is 2.33. The molecule has 0 saturated heterocycles. The Kier molecular flexibility index (Phi) is 5.90. The number of nitrogens with one attached hydrogen (secondary N) is 1. The molecule has 26 heavy (non-hydrogen) atoms. The van der Waals surface area contributed by atoms with Crippen LogP contribution in [0.4, 0.5) is 15.8 Å². The van der Waals surface area contributed by atoms with Crippen molar-refractivity contribution in [1.29, 1.82) is 0 Å². The van der Waals surface area contributed by atoms with E-state index in [1.54, 1.807) is 12.1 Å². The van der Waals surface area contributed by atoms with Crippen molar-refractivity contribution in [3.8, 4) is 11.5 Å². The van der Waals surface area contributed by atoms with Crippen molar-refractivity contribution in [3.63, 3.8) is 0 Å². The molecule has 0 aliphatic rings. The first-order valence-electron chi connectivity index (χ1n) is 7.52. The number of allylic oxidation sites excluding steroid dienone is 1.